The predicted octanol–water partition coefficient (Wildman–Crippen LogP) is 7.55. The normalized spacial score (nSPS) is 13.6. The van der Waals surface area contributed by atoms with Gasteiger partial charge in [0.05, 0.1) is 24.1 Å². The number of esters is 1. The minimum absolute atomic E-state index is 0.0276. The molecule has 232 valence electrons. The van der Waals surface area contributed by atoms with Crippen molar-refractivity contribution in [3.8, 4) is 11.6 Å². The summed E-state index contributed by atoms with van der Waals surface area (Å²) in [4.78, 5) is 39.4. The molecule has 0 radical (unpaired) electrons. The second-order valence-electron chi connectivity index (χ2n) is 10.1. The fourth-order valence-corrected chi connectivity index (χ4v) is 4.90. The third kappa shape index (κ3) is 8.26. The molecule has 43 heavy (non-hydrogen) atoms. The van der Waals surface area contributed by atoms with Gasteiger partial charge in [0, 0.05) is 55.3 Å². The largest absolute Gasteiger partial charge is 0.465 e. The first-order chi connectivity index (χ1) is 20.5. The van der Waals surface area contributed by atoms with Crippen LogP contribution in [0, 0.1) is 11.7 Å². The van der Waals surface area contributed by atoms with Gasteiger partial charge in [0.25, 0.3) is 0 Å². The van der Waals surface area contributed by atoms with Crippen LogP contribution in [0.3, 0.4) is 0 Å². The predicted molar refractivity (Wildman–Crippen MR) is 152 cm³/mol. The number of ether oxygens (including phenoxy) is 2. The molecule has 1 aliphatic rings. The van der Waals surface area contributed by atoms with Gasteiger partial charge in [0.1, 0.15) is 5.56 Å². The molecule has 2 heterocycles. The molecular formula is C31H36F4N4O4. The van der Waals surface area contributed by atoms with Gasteiger partial charge in [0.2, 0.25) is 11.8 Å². The second kappa shape index (κ2) is 14.9. The molecular weight excluding hydrogens is 568 g/mol. The van der Waals surface area contributed by atoms with Gasteiger partial charge < -0.3 is 14.4 Å². The zero-order valence-electron chi connectivity index (χ0n) is 24.9. The van der Waals surface area contributed by atoms with Crippen molar-refractivity contribution >= 4 is 17.6 Å². The van der Waals surface area contributed by atoms with Crippen molar-refractivity contribution in [1.82, 2.24) is 15.0 Å². The molecule has 0 unspecified atom stereocenters. The number of pyridine rings is 1. The van der Waals surface area contributed by atoms with E-state index in [4.69, 9.17) is 9.47 Å². The van der Waals surface area contributed by atoms with Crippen LogP contribution in [0.4, 0.5) is 23.2 Å². The maximum Gasteiger partial charge on any atom is 0.421 e. The Morgan fingerprint density at radius 3 is 2.30 bits per heavy atom. The first-order valence-corrected chi connectivity index (χ1v) is 14.2. The number of halogens is 4. The molecule has 8 nitrogen and oxygen atoms in total. The van der Waals surface area contributed by atoms with Crippen molar-refractivity contribution in [1.29, 1.82) is 0 Å². The Balaban J connectivity index is 0.00000248. The Hall–Kier alpha value is -4.09. The third-order valence-corrected chi connectivity index (χ3v) is 6.84. The van der Waals surface area contributed by atoms with E-state index in [-0.39, 0.29) is 35.1 Å². The highest BCUT2D eigenvalue weighted by atomic mass is 19.4. The zero-order chi connectivity index (χ0) is 31.7. The molecule has 0 bridgehead atoms. The van der Waals surface area contributed by atoms with Crippen LogP contribution in [0.2, 0.25) is 0 Å². The fraction of sp³-hybridized carbons (Fsp3) is 0.452. The lowest BCUT2D eigenvalue weighted by atomic mass is 9.87. The lowest BCUT2D eigenvalue weighted by molar-refractivity contribution is -0.139. The molecule has 1 fully saturated rings. The van der Waals surface area contributed by atoms with Gasteiger partial charge in [-0.15, -0.1) is 0 Å². The van der Waals surface area contributed by atoms with Gasteiger partial charge in [-0.1, -0.05) is 33.1 Å². The first kappa shape index (κ1) is 33.4. The van der Waals surface area contributed by atoms with Crippen LogP contribution < -0.4 is 9.64 Å². The SMILES string of the molecule is CC.COC(=O)c1cc(Oc2ncc(Cc3cnccn3)cc2C(F)(F)F)c(F)cc1N(C(=O)C1CCCCC1)C(C)C. The van der Waals surface area contributed by atoms with E-state index in [0.29, 0.717) is 18.5 Å². The van der Waals surface area contributed by atoms with Gasteiger partial charge in [-0.2, -0.15) is 13.2 Å². The summed E-state index contributed by atoms with van der Waals surface area (Å²) in [5, 5.41) is 0. The average molecular weight is 605 g/mol. The van der Waals surface area contributed by atoms with E-state index in [9.17, 15) is 22.8 Å². The number of carbonyl (C=O) groups excluding carboxylic acids is 2. The molecule has 12 heteroatoms. The molecule has 0 aliphatic heterocycles. The van der Waals surface area contributed by atoms with E-state index in [1.807, 2.05) is 13.8 Å². The zero-order valence-corrected chi connectivity index (χ0v) is 24.9. The van der Waals surface area contributed by atoms with Crippen LogP contribution in [-0.2, 0) is 22.1 Å². The molecule has 4 rings (SSSR count). The van der Waals surface area contributed by atoms with E-state index >= 15 is 4.39 Å². The number of nitrogens with zero attached hydrogens (tertiary/aromatic N) is 4. The molecule has 3 aromatic rings. The number of rotatable bonds is 8. The molecule has 0 spiro atoms. The van der Waals surface area contributed by atoms with E-state index in [1.54, 1.807) is 13.8 Å². The van der Waals surface area contributed by atoms with Gasteiger partial charge in [0.15, 0.2) is 11.6 Å². The van der Waals surface area contributed by atoms with Gasteiger partial charge in [-0.25, -0.2) is 14.2 Å². The number of alkyl halides is 3. The summed E-state index contributed by atoms with van der Waals surface area (Å²) in [6, 6.07) is 2.25. The highest BCUT2D eigenvalue weighted by Crippen LogP contribution is 2.40. The van der Waals surface area contributed by atoms with Gasteiger partial charge in [-0.3, -0.25) is 14.8 Å². The molecule has 0 saturated heterocycles. The van der Waals surface area contributed by atoms with E-state index in [0.717, 1.165) is 50.8 Å². The Kier molecular flexibility index (Phi) is 11.6. The molecule has 1 aliphatic carbocycles. The first-order valence-electron chi connectivity index (χ1n) is 14.2. The number of anilines is 1. The number of hydrogen-bond acceptors (Lipinski definition) is 7. The van der Waals surface area contributed by atoms with Gasteiger partial charge in [-0.05, 0) is 38.3 Å². The fourth-order valence-electron chi connectivity index (χ4n) is 4.90. The van der Waals surface area contributed by atoms with Crippen molar-refractivity contribution in [2.24, 2.45) is 5.92 Å². The summed E-state index contributed by atoms with van der Waals surface area (Å²) in [6.07, 6.45) is 4.74. The Bertz CT molecular complexity index is 1390. The monoisotopic (exact) mass is 604 g/mol. The standard InChI is InChI=1S/C29H30F4N4O4.C2H6/c1-17(2)37(27(38)19-7-5-4-6-8-19)24-14-23(30)25(13-21(24)28(39)40-3)41-26-22(29(31,32)33)12-18(15-36-26)11-20-16-34-9-10-35-20;1-2/h9-10,12-17,19H,4-8,11H2,1-3H3;1-2H3. The summed E-state index contributed by atoms with van der Waals surface area (Å²) in [7, 11) is 1.11. The molecule has 2 aromatic heterocycles. The number of amides is 1. The topological polar surface area (TPSA) is 94.5 Å². The third-order valence-electron chi connectivity index (χ3n) is 6.84. The number of methoxy groups -OCH3 is 1. The lowest BCUT2D eigenvalue weighted by Crippen LogP contribution is -2.42. The quantitative estimate of drug-likeness (QED) is 0.194. The van der Waals surface area contributed by atoms with Crippen LogP contribution in [0.15, 0.2) is 43.0 Å². The second-order valence-corrected chi connectivity index (χ2v) is 10.1. The summed E-state index contributed by atoms with van der Waals surface area (Å²) >= 11 is 0. The maximum atomic E-state index is 15.5. The summed E-state index contributed by atoms with van der Waals surface area (Å²) in [5.74, 6) is -4.10. The number of benzene rings is 1. The average Bonchev–Trinajstić information content (AvgIpc) is 3.00. The molecule has 0 atom stereocenters. The highest BCUT2D eigenvalue weighted by molar-refractivity contribution is 6.04. The van der Waals surface area contributed by atoms with Crippen molar-refractivity contribution in [3.05, 3.63) is 71.2 Å². The van der Waals surface area contributed by atoms with Crippen molar-refractivity contribution in [3.63, 3.8) is 0 Å². The minimum Gasteiger partial charge on any atom is -0.465 e. The molecule has 1 aromatic carbocycles. The van der Waals surface area contributed by atoms with E-state index < -0.39 is 41.2 Å². The van der Waals surface area contributed by atoms with Gasteiger partial charge >= 0.3 is 12.1 Å². The molecule has 1 amide bonds. The van der Waals surface area contributed by atoms with E-state index in [1.165, 1.54) is 23.5 Å². The van der Waals surface area contributed by atoms with Crippen LogP contribution >= 0.6 is 0 Å². The Labute approximate surface area is 248 Å². The molecule has 0 N–H and O–H groups in total. The maximum absolute atomic E-state index is 15.5. The number of carbonyl (C=O) groups is 2. The van der Waals surface area contributed by atoms with Crippen LogP contribution in [0.1, 0.15) is 87.0 Å². The number of aromatic nitrogens is 3. The summed E-state index contributed by atoms with van der Waals surface area (Å²) in [5.41, 5.74) is -0.897. The van der Waals surface area contributed by atoms with Crippen molar-refractivity contribution in [2.75, 3.05) is 12.0 Å². The highest BCUT2D eigenvalue weighted by Gasteiger charge is 2.37. The lowest BCUT2D eigenvalue weighted by Gasteiger charge is -2.33. The Morgan fingerprint density at radius 1 is 1.02 bits per heavy atom. The van der Waals surface area contributed by atoms with Crippen LogP contribution in [0.25, 0.3) is 0 Å². The summed E-state index contributed by atoms with van der Waals surface area (Å²) in [6.45, 7) is 7.46. The minimum atomic E-state index is -4.89. The molecule has 1 saturated carbocycles. The Morgan fingerprint density at radius 2 is 1.72 bits per heavy atom. The van der Waals surface area contributed by atoms with Crippen LogP contribution in [0.5, 0.6) is 11.6 Å². The van der Waals surface area contributed by atoms with Crippen LogP contribution in [-0.4, -0.2) is 40.0 Å². The van der Waals surface area contributed by atoms with Crippen molar-refractivity contribution < 1.29 is 36.6 Å². The smallest absolute Gasteiger partial charge is 0.421 e. The number of hydrogen-bond donors (Lipinski definition) is 0. The summed E-state index contributed by atoms with van der Waals surface area (Å²) < 4.78 is 67.7. The van der Waals surface area contributed by atoms with Crippen molar-refractivity contribution in [2.45, 2.75) is 78.4 Å². The van der Waals surface area contributed by atoms with E-state index in [2.05, 4.69) is 15.0 Å².